The lowest BCUT2D eigenvalue weighted by Crippen LogP contribution is -2.44. The molecule has 2 rings (SSSR count). The van der Waals surface area contributed by atoms with E-state index in [-0.39, 0.29) is 17.8 Å². The molecule has 1 atom stereocenters. The lowest BCUT2D eigenvalue weighted by atomic mass is 10.1. The van der Waals surface area contributed by atoms with Gasteiger partial charge in [-0.1, -0.05) is 12.1 Å². The summed E-state index contributed by atoms with van der Waals surface area (Å²) in [4.78, 5) is 13.4. The first-order valence-electron chi connectivity index (χ1n) is 7.16. The molecule has 0 aliphatic heterocycles. The molecule has 1 saturated carbocycles. The van der Waals surface area contributed by atoms with Gasteiger partial charge in [0.05, 0.1) is 11.7 Å². The second-order valence-electron chi connectivity index (χ2n) is 5.22. The van der Waals surface area contributed by atoms with E-state index in [1.165, 1.54) is 6.07 Å². The van der Waals surface area contributed by atoms with Crippen LogP contribution in [0.2, 0.25) is 0 Å². The highest BCUT2D eigenvalue weighted by atomic mass is 19.1. The first kappa shape index (κ1) is 14.8. The molecule has 1 unspecified atom stereocenters. The van der Waals surface area contributed by atoms with E-state index in [4.69, 9.17) is 5.73 Å². The summed E-state index contributed by atoms with van der Waals surface area (Å²) in [6, 6.07) is 6.79. The SMILES string of the molecule is CCN(CCC(NC1CC1)C(N)=O)c1ccccc1F. The van der Waals surface area contributed by atoms with Gasteiger partial charge >= 0.3 is 0 Å². The minimum atomic E-state index is -0.332. The molecule has 1 aliphatic carbocycles. The number of nitrogens with zero attached hydrogens (tertiary/aromatic N) is 1. The van der Waals surface area contributed by atoms with Crippen LogP contribution in [0.15, 0.2) is 24.3 Å². The maximum atomic E-state index is 13.8. The highest BCUT2D eigenvalue weighted by Gasteiger charge is 2.27. The first-order chi connectivity index (χ1) is 9.61. The number of benzene rings is 1. The van der Waals surface area contributed by atoms with Crippen LogP contribution in [0, 0.1) is 5.82 Å². The van der Waals surface area contributed by atoms with Crippen molar-refractivity contribution in [2.45, 2.75) is 38.3 Å². The Hall–Kier alpha value is -1.62. The number of para-hydroxylation sites is 1. The van der Waals surface area contributed by atoms with Crippen molar-refractivity contribution >= 4 is 11.6 Å². The van der Waals surface area contributed by atoms with Crippen LogP contribution in [0.25, 0.3) is 0 Å². The Morgan fingerprint density at radius 3 is 2.75 bits per heavy atom. The minimum absolute atomic E-state index is 0.236. The van der Waals surface area contributed by atoms with E-state index in [0.717, 1.165) is 12.8 Å². The molecule has 4 nitrogen and oxygen atoms in total. The Morgan fingerprint density at radius 1 is 1.50 bits per heavy atom. The van der Waals surface area contributed by atoms with E-state index in [1.54, 1.807) is 12.1 Å². The molecule has 3 N–H and O–H groups in total. The van der Waals surface area contributed by atoms with Gasteiger partial charge in [0.2, 0.25) is 5.91 Å². The van der Waals surface area contributed by atoms with Crippen LogP contribution in [-0.4, -0.2) is 31.1 Å². The molecule has 0 aromatic heterocycles. The van der Waals surface area contributed by atoms with Crippen molar-refractivity contribution < 1.29 is 9.18 Å². The maximum absolute atomic E-state index is 13.8. The lowest BCUT2D eigenvalue weighted by molar-refractivity contribution is -0.120. The molecular formula is C15H22FN3O. The molecule has 1 fully saturated rings. The number of anilines is 1. The third-order valence-electron chi connectivity index (χ3n) is 3.62. The van der Waals surface area contributed by atoms with Crippen molar-refractivity contribution in [3.05, 3.63) is 30.1 Å². The van der Waals surface area contributed by atoms with Crippen LogP contribution >= 0.6 is 0 Å². The number of primary amides is 1. The average Bonchev–Trinajstić information content (AvgIpc) is 3.23. The van der Waals surface area contributed by atoms with Crippen molar-refractivity contribution in [3.63, 3.8) is 0 Å². The fourth-order valence-corrected chi connectivity index (χ4v) is 2.28. The molecule has 20 heavy (non-hydrogen) atoms. The van der Waals surface area contributed by atoms with Gasteiger partial charge in [-0.2, -0.15) is 0 Å². The fourth-order valence-electron chi connectivity index (χ4n) is 2.28. The predicted molar refractivity (Wildman–Crippen MR) is 78.0 cm³/mol. The lowest BCUT2D eigenvalue weighted by Gasteiger charge is -2.25. The van der Waals surface area contributed by atoms with Gasteiger partial charge in [0.1, 0.15) is 5.82 Å². The van der Waals surface area contributed by atoms with Crippen LogP contribution in [0.4, 0.5) is 10.1 Å². The predicted octanol–water partition coefficient (Wildman–Crippen LogP) is 1.65. The number of carbonyl (C=O) groups excluding carboxylic acids is 1. The van der Waals surface area contributed by atoms with Crippen molar-refractivity contribution in [3.8, 4) is 0 Å². The van der Waals surface area contributed by atoms with Gasteiger partial charge in [0.15, 0.2) is 0 Å². The molecule has 1 amide bonds. The number of carbonyl (C=O) groups is 1. The van der Waals surface area contributed by atoms with E-state index >= 15 is 0 Å². The number of hydrogen-bond donors (Lipinski definition) is 2. The maximum Gasteiger partial charge on any atom is 0.234 e. The number of halogens is 1. The number of hydrogen-bond acceptors (Lipinski definition) is 3. The second kappa shape index (κ2) is 6.70. The molecule has 110 valence electrons. The van der Waals surface area contributed by atoms with Crippen LogP contribution in [-0.2, 0) is 4.79 Å². The topological polar surface area (TPSA) is 58.4 Å². The summed E-state index contributed by atoms with van der Waals surface area (Å²) in [5.41, 5.74) is 5.99. The van der Waals surface area contributed by atoms with Gasteiger partial charge in [-0.15, -0.1) is 0 Å². The molecule has 0 radical (unpaired) electrons. The van der Waals surface area contributed by atoms with Crippen molar-refractivity contribution in [2.24, 2.45) is 5.73 Å². The van der Waals surface area contributed by atoms with Gasteiger partial charge in [-0.25, -0.2) is 4.39 Å². The van der Waals surface area contributed by atoms with Gasteiger partial charge in [-0.05, 0) is 38.3 Å². The van der Waals surface area contributed by atoms with Gasteiger partial charge < -0.3 is 16.0 Å². The molecule has 5 heteroatoms. The van der Waals surface area contributed by atoms with Crippen LogP contribution < -0.4 is 16.0 Å². The Balaban J connectivity index is 1.95. The van der Waals surface area contributed by atoms with Crippen molar-refractivity contribution in [1.82, 2.24) is 5.32 Å². The summed E-state index contributed by atoms with van der Waals surface area (Å²) in [5, 5.41) is 3.24. The normalized spacial score (nSPS) is 15.9. The third kappa shape index (κ3) is 3.93. The molecule has 0 bridgehead atoms. The molecule has 0 heterocycles. The fraction of sp³-hybridized carbons (Fsp3) is 0.533. The smallest absolute Gasteiger partial charge is 0.234 e. The number of nitrogens with one attached hydrogen (secondary N) is 1. The summed E-state index contributed by atoms with van der Waals surface area (Å²) in [6.07, 6.45) is 2.80. The highest BCUT2D eigenvalue weighted by Crippen LogP contribution is 2.21. The summed E-state index contributed by atoms with van der Waals surface area (Å²) >= 11 is 0. The van der Waals surface area contributed by atoms with Crippen molar-refractivity contribution in [2.75, 3.05) is 18.0 Å². The van der Waals surface area contributed by atoms with Crippen molar-refractivity contribution in [1.29, 1.82) is 0 Å². The largest absolute Gasteiger partial charge is 0.369 e. The van der Waals surface area contributed by atoms with Crippen LogP contribution in [0.5, 0.6) is 0 Å². The summed E-state index contributed by atoms with van der Waals surface area (Å²) in [5.74, 6) is -0.568. The number of nitrogens with two attached hydrogens (primary N) is 1. The molecular weight excluding hydrogens is 257 g/mol. The number of amides is 1. The Labute approximate surface area is 119 Å². The van der Waals surface area contributed by atoms with E-state index < -0.39 is 0 Å². The molecule has 0 spiro atoms. The standard InChI is InChI=1S/C15H22FN3O/c1-2-19(14-6-4-3-5-12(14)16)10-9-13(15(17)20)18-11-7-8-11/h3-6,11,13,18H,2,7-10H2,1H3,(H2,17,20). The van der Waals surface area contributed by atoms with E-state index in [9.17, 15) is 9.18 Å². The highest BCUT2D eigenvalue weighted by molar-refractivity contribution is 5.80. The molecule has 1 aromatic carbocycles. The Bertz CT molecular complexity index is 462. The monoisotopic (exact) mass is 279 g/mol. The number of rotatable bonds is 8. The summed E-state index contributed by atoms with van der Waals surface area (Å²) in [6.45, 7) is 3.26. The van der Waals surface area contributed by atoms with E-state index in [2.05, 4.69) is 5.32 Å². The van der Waals surface area contributed by atoms with Crippen LogP contribution in [0.3, 0.4) is 0 Å². The Kier molecular flexibility index (Phi) is 4.95. The average molecular weight is 279 g/mol. The quantitative estimate of drug-likeness (QED) is 0.760. The van der Waals surface area contributed by atoms with Gasteiger partial charge in [0.25, 0.3) is 0 Å². The van der Waals surface area contributed by atoms with E-state index in [0.29, 0.717) is 31.2 Å². The summed E-state index contributed by atoms with van der Waals surface area (Å²) in [7, 11) is 0. The molecule has 1 aromatic rings. The zero-order valence-corrected chi connectivity index (χ0v) is 11.8. The second-order valence-corrected chi connectivity index (χ2v) is 5.22. The van der Waals surface area contributed by atoms with Gasteiger partial charge in [-0.3, -0.25) is 4.79 Å². The third-order valence-corrected chi connectivity index (χ3v) is 3.62. The zero-order valence-electron chi connectivity index (χ0n) is 11.8. The zero-order chi connectivity index (χ0) is 14.5. The first-order valence-corrected chi connectivity index (χ1v) is 7.16. The summed E-state index contributed by atoms with van der Waals surface area (Å²) < 4.78 is 13.8. The van der Waals surface area contributed by atoms with Gasteiger partial charge in [0, 0.05) is 19.1 Å². The molecule has 1 aliphatic rings. The van der Waals surface area contributed by atoms with Crippen LogP contribution in [0.1, 0.15) is 26.2 Å². The Morgan fingerprint density at radius 2 is 2.20 bits per heavy atom. The minimum Gasteiger partial charge on any atom is -0.369 e. The molecule has 0 saturated heterocycles. The van der Waals surface area contributed by atoms with E-state index in [1.807, 2.05) is 17.9 Å².